The number of hydrogen-bond acceptors (Lipinski definition) is 4. The van der Waals surface area contributed by atoms with E-state index in [-0.39, 0.29) is 30.2 Å². The summed E-state index contributed by atoms with van der Waals surface area (Å²) >= 11 is 0. The van der Waals surface area contributed by atoms with E-state index < -0.39 is 0 Å². The van der Waals surface area contributed by atoms with Crippen LogP contribution in [0.5, 0.6) is 0 Å². The van der Waals surface area contributed by atoms with Gasteiger partial charge in [-0.25, -0.2) is 4.98 Å². The fraction of sp³-hybridized carbons (Fsp3) is 0.800. The summed E-state index contributed by atoms with van der Waals surface area (Å²) in [4.78, 5) is 6.18. The van der Waals surface area contributed by atoms with E-state index in [9.17, 15) is 0 Å². The van der Waals surface area contributed by atoms with Crippen LogP contribution in [0.15, 0.2) is 12.7 Å². The average Bonchev–Trinajstić information content (AvgIpc) is 2.66. The van der Waals surface area contributed by atoms with E-state index in [1.165, 1.54) is 0 Å². The van der Waals surface area contributed by atoms with E-state index in [0.717, 1.165) is 19.6 Å². The summed E-state index contributed by atoms with van der Waals surface area (Å²) in [6.45, 7) is 7.90. The molecular formula is C10H23Cl2N5. The Morgan fingerprint density at radius 3 is 2.47 bits per heavy atom. The topological polar surface area (TPSA) is 60.0 Å². The number of rotatable bonds is 6. The van der Waals surface area contributed by atoms with Crippen molar-refractivity contribution in [2.45, 2.75) is 20.4 Å². The van der Waals surface area contributed by atoms with Crippen LogP contribution in [0.4, 0.5) is 0 Å². The van der Waals surface area contributed by atoms with E-state index in [0.29, 0.717) is 6.54 Å². The highest BCUT2D eigenvalue weighted by Gasteiger charge is 2.17. The lowest BCUT2D eigenvalue weighted by atomic mass is 9.93. The third kappa shape index (κ3) is 7.54. The summed E-state index contributed by atoms with van der Waals surface area (Å²) in [7, 11) is 2.11. The Bertz CT molecular complexity index is 276. The molecule has 2 N–H and O–H groups in total. The Balaban J connectivity index is 0. The van der Waals surface area contributed by atoms with Crippen LogP contribution < -0.4 is 5.73 Å². The van der Waals surface area contributed by atoms with E-state index in [4.69, 9.17) is 5.73 Å². The molecule has 0 spiro atoms. The maximum atomic E-state index is 5.69. The van der Waals surface area contributed by atoms with Crippen LogP contribution in [-0.2, 0) is 6.54 Å². The molecule has 0 saturated heterocycles. The first-order chi connectivity index (χ1) is 7.03. The fourth-order valence-electron chi connectivity index (χ4n) is 1.50. The molecule has 0 amide bonds. The first-order valence-electron chi connectivity index (χ1n) is 5.24. The molecule has 0 bridgehead atoms. The van der Waals surface area contributed by atoms with Gasteiger partial charge >= 0.3 is 0 Å². The van der Waals surface area contributed by atoms with Gasteiger partial charge in [-0.05, 0) is 19.0 Å². The van der Waals surface area contributed by atoms with Gasteiger partial charge in [0.1, 0.15) is 12.7 Å². The van der Waals surface area contributed by atoms with Gasteiger partial charge in [-0.1, -0.05) is 13.8 Å². The molecule has 0 fully saturated rings. The largest absolute Gasteiger partial charge is 0.330 e. The molecule has 17 heavy (non-hydrogen) atoms. The number of nitrogens with zero attached hydrogens (tertiary/aromatic N) is 4. The SMILES string of the molecule is CN(CCn1cncn1)CC(C)(C)CN.Cl.Cl. The number of likely N-dealkylation sites (N-methyl/N-ethyl adjacent to an activating group) is 1. The molecule has 0 saturated carbocycles. The molecule has 0 radical (unpaired) electrons. The predicted molar refractivity (Wildman–Crippen MR) is 74.9 cm³/mol. The maximum absolute atomic E-state index is 5.69. The number of nitrogens with two attached hydrogens (primary N) is 1. The molecule has 0 aliphatic heterocycles. The summed E-state index contributed by atoms with van der Waals surface area (Å²) in [6, 6.07) is 0. The third-order valence-corrected chi connectivity index (χ3v) is 2.43. The van der Waals surface area contributed by atoms with Crippen molar-refractivity contribution in [3.63, 3.8) is 0 Å². The van der Waals surface area contributed by atoms with E-state index in [1.54, 1.807) is 12.7 Å². The lowest BCUT2D eigenvalue weighted by molar-refractivity contribution is 0.208. The average molecular weight is 284 g/mol. The zero-order valence-corrected chi connectivity index (χ0v) is 12.3. The van der Waals surface area contributed by atoms with Gasteiger partial charge in [0.15, 0.2) is 0 Å². The minimum atomic E-state index is 0. The highest BCUT2D eigenvalue weighted by molar-refractivity contribution is 5.85. The Morgan fingerprint density at radius 1 is 1.35 bits per heavy atom. The van der Waals surface area contributed by atoms with Crippen LogP contribution in [0.1, 0.15) is 13.8 Å². The summed E-state index contributed by atoms with van der Waals surface area (Å²) in [5.41, 5.74) is 5.87. The fourth-order valence-corrected chi connectivity index (χ4v) is 1.50. The maximum Gasteiger partial charge on any atom is 0.137 e. The quantitative estimate of drug-likeness (QED) is 0.848. The van der Waals surface area contributed by atoms with Crippen molar-refractivity contribution in [2.75, 3.05) is 26.7 Å². The second-order valence-electron chi connectivity index (χ2n) is 4.76. The first-order valence-corrected chi connectivity index (χ1v) is 5.24. The van der Waals surface area contributed by atoms with Gasteiger partial charge in [0.2, 0.25) is 0 Å². The highest BCUT2D eigenvalue weighted by Crippen LogP contribution is 2.13. The van der Waals surface area contributed by atoms with Gasteiger partial charge in [-0.3, -0.25) is 4.68 Å². The minimum absolute atomic E-state index is 0. The molecule has 5 nitrogen and oxygen atoms in total. The molecule has 0 atom stereocenters. The van der Waals surface area contributed by atoms with E-state index >= 15 is 0 Å². The second-order valence-corrected chi connectivity index (χ2v) is 4.76. The molecule has 102 valence electrons. The Morgan fingerprint density at radius 2 is 2.00 bits per heavy atom. The minimum Gasteiger partial charge on any atom is -0.330 e. The standard InChI is InChI=1S/C10H21N5.2ClH/c1-10(2,6-11)7-14(3)4-5-15-9-12-8-13-15;;/h8-9H,4-7,11H2,1-3H3;2*1H. The van der Waals surface area contributed by atoms with Crippen LogP contribution >= 0.6 is 24.8 Å². The van der Waals surface area contributed by atoms with Crippen LogP contribution in [0.2, 0.25) is 0 Å². The second kappa shape index (κ2) is 8.69. The summed E-state index contributed by atoms with van der Waals surface area (Å²) < 4.78 is 1.84. The van der Waals surface area contributed by atoms with Crippen LogP contribution in [-0.4, -0.2) is 46.3 Å². The first kappa shape index (κ1) is 19.0. The van der Waals surface area contributed by atoms with Crippen LogP contribution in [0.25, 0.3) is 0 Å². The van der Waals surface area contributed by atoms with Gasteiger partial charge < -0.3 is 10.6 Å². The molecule has 1 aromatic rings. The lowest BCUT2D eigenvalue weighted by Gasteiger charge is -2.28. The van der Waals surface area contributed by atoms with Crippen molar-refractivity contribution in [3.8, 4) is 0 Å². The number of aromatic nitrogens is 3. The van der Waals surface area contributed by atoms with E-state index in [1.807, 2.05) is 4.68 Å². The smallest absolute Gasteiger partial charge is 0.137 e. The van der Waals surface area contributed by atoms with Crippen molar-refractivity contribution in [3.05, 3.63) is 12.7 Å². The monoisotopic (exact) mass is 283 g/mol. The van der Waals surface area contributed by atoms with Crippen molar-refractivity contribution in [1.82, 2.24) is 19.7 Å². The lowest BCUT2D eigenvalue weighted by Crippen LogP contribution is -2.38. The van der Waals surface area contributed by atoms with Gasteiger partial charge in [0.05, 0.1) is 6.54 Å². The Kier molecular flexibility index (Phi) is 9.71. The summed E-state index contributed by atoms with van der Waals surface area (Å²) in [5, 5.41) is 4.06. The van der Waals surface area contributed by atoms with Crippen molar-refractivity contribution >= 4 is 24.8 Å². The van der Waals surface area contributed by atoms with Crippen molar-refractivity contribution < 1.29 is 0 Å². The molecule has 1 aromatic heterocycles. The number of halogens is 2. The Labute approximate surface area is 116 Å². The van der Waals surface area contributed by atoms with Crippen LogP contribution in [0, 0.1) is 5.41 Å². The van der Waals surface area contributed by atoms with Crippen LogP contribution in [0.3, 0.4) is 0 Å². The third-order valence-electron chi connectivity index (χ3n) is 2.43. The molecule has 0 aliphatic rings. The number of hydrogen-bond donors (Lipinski definition) is 1. The van der Waals surface area contributed by atoms with E-state index in [2.05, 4.69) is 35.9 Å². The molecule has 1 heterocycles. The zero-order chi connectivity index (χ0) is 11.3. The normalized spacial score (nSPS) is 10.9. The molecular weight excluding hydrogens is 261 g/mol. The molecule has 0 aromatic carbocycles. The molecule has 0 unspecified atom stereocenters. The molecule has 7 heteroatoms. The van der Waals surface area contributed by atoms with Gasteiger partial charge in [0.25, 0.3) is 0 Å². The Hall–Kier alpha value is -0.360. The zero-order valence-electron chi connectivity index (χ0n) is 10.7. The molecule has 1 rings (SSSR count). The van der Waals surface area contributed by atoms with Gasteiger partial charge in [0, 0.05) is 13.1 Å². The van der Waals surface area contributed by atoms with Gasteiger partial charge in [-0.15, -0.1) is 24.8 Å². The predicted octanol–water partition coefficient (Wildman–Crippen LogP) is 1.04. The summed E-state index contributed by atoms with van der Waals surface area (Å²) in [5.74, 6) is 0. The van der Waals surface area contributed by atoms with Crippen molar-refractivity contribution in [1.29, 1.82) is 0 Å². The highest BCUT2D eigenvalue weighted by atomic mass is 35.5. The summed E-state index contributed by atoms with van der Waals surface area (Å²) in [6.07, 6.45) is 3.30. The van der Waals surface area contributed by atoms with Gasteiger partial charge in [-0.2, -0.15) is 5.10 Å². The molecule has 0 aliphatic carbocycles. The van der Waals surface area contributed by atoms with Crippen molar-refractivity contribution in [2.24, 2.45) is 11.1 Å².